The Bertz CT molecular complexity index is 1400. The molecule has 176 valence electrons. The second-order valence-electron chi connectivity index (χ2n) is 7.48. The smallest absolute Gasteiger partial charge is 0.343 e. The molecule has 0 heterocycles. The number of halogens is 1. The van der Waals surface area contributed by atoms with Gasteiger partial charge in [-0.25, -0.2) is 10.2 Å². The van der Waals surface area contributed by atoms with Crippen molar-refractivity contribution in [2.24, 2.45) is 5.10 Å². The van der Waals surface area contributed by atoms with E-state index in [4.69, 9.17) is 9.47 Å². The van der Waals surface area contributed by atoms with Crippen molar-refractivity contribution in [3.63, 3.8) is 0 Å². The van der Waals surface area contributed by atoms with Crippen LogP contribution in [0, 0.1) is 0 Å². The molecule has 4 aromatic rings. The fourth-order valence-electron chi connectivity index (χ4n) is 3.40. The van der Waals surface area contributed by atoms with Gasteiger partial charge in [-0.2, -0.15) is 5.10 Å². The van der Waals surface area contributed by atoms with Gasteiger partial charge >= 0.3 is 5.97 Å². The predicted molar refractivity (Wildman–Crippen MR) is 140 cm³/mol. The molecule has 0 saturated carbocycles. The van der Waals surface area contributed by atoms with Gasteiger partial charge in [0.1, 0.15) is 0 Å². The van der Waals surface area contributed by atoms with Crippen molar-refractivity contribution in [2.45, 2.75) is 0 Å². The number of methoxy groups -OCH3 is 1. The van der Waals surface area contributed by atoms with E-state index in [1.807, 2.05) is 48.5 Å². The number of nitrogens with zero attached hydrogens (tertiary/aromatic N) is 1. The molecule has 0 atom stereocenters. The fourth-order valence-corrected chi connectivity index (χ4v) is 3.80. The first kappa shape index (κ1) is 24.0. The number of benzene rings is 4. The minimum atomic E-state index is -0.503. The number of hydrazone groups is 1. The van der Waals surface area contributed by atoms with Crippen LogP contribution in [0.5, 0.6) is 11.5 Å². The van der Waals surface area contributed by atoms with Gasteiger partial charge in [0.15, 0.2) is 11.5 Å². The molecule has 0 aliphatic rings. The molecule has 0 bridgehead atoms. The van der Waals surface area contributed by atoms with Gasteiger partial charge in [0.05, 0.1) is 25.4 Å². The summed E-state index contributed by atoms with van der Waals surface area (Å²) < 4.78 is 11.6. The van der Waals surface area contributed by atoms with E-state index in [9.17, 15) is 9.59 Å². The zero-order valence-corrected chi connectivity index (χ0v) is 20.4. The summed E-state index contributed by atoms with van der Waals surface area (Å²) in [5.41, 5.74) is 4.44. The maximum atomic E-state index is 12.4. The van der Waals surface area contributed by atoms with Crippen molar-refractivity contribution in [3.05, 3.63) is 101 Å². The monoisotopic (exact) mass is 531 g/mol. The minimum Gasteiger partial charge on any atom is -0.493 e. The maximum Gasteiger partial charge on any atom is 0.343 e. The van der Waals surface area contributed by atoms with Crippen LogP contribution in [0.15, 0.2) is 94.5 Å². The molecule has 0 aliphatic heterocycles. The lowest BCUT2D eigenvalue weighted by Crippen LogP contribution is -2.25. The van der Waals surface area contributed by atoms with E-state index in [0.29, 0.717) is 16.9 Å². The highest BCUT2D eigenvalue weighted by molar-refractivity contribution is 9.10. The number of nitrogens with one attached hydrogen (secondary N) is 2. The van der Waals surface area contributed by atoms with Crippen molar-refractivity contribution in [2.75, 3.05) is 19.0 Å². The standard InChI is InChI=1S/C27H22BrN3O4/c1-34-25-14-18(12-13-24(25)35-27(33)20-8-4-9-21(28)15-20)16-30-31-26(32)17-29-23-11-5-7-19-6-2-3-10-22(19)23/h2-16,29H,17H2,1H3,(H,31,32)/b30-16+. The second kappa shape index (κ2) is 11.3. The van der Waals surface area contributed by atoms with Crippen LogP contribution in [0.25, 0.3) is 10.8 Å². The van der Waals surface area contributed by atoms with E-state index >= 15 is 0 Å². The van der Waals surface area contributed by atoms with E-state index < -0.39 is 5.97 Å². The quantitative estimate of drug-likeness (QED) is 0.138. The Morgan fingerprint density at radius 3 is 2.57 bits per heavy atom. The van der Waals surface area contributed by atoms with E-state index in [2.05, 4.69) is 31.8 Å². The fraction of sp³-hybridized carbons (Fsp3) is 0.0741. The summed E-state index contributed by atoms with van der Waals surface area (Å²) in [6, 6.07) is 25.7. The third-order valence-corrected chi connectivity index (χ3v) is 5.58. The number of carbonyl (C=O) groups excluding carboxylic acids is 2. The average molecular weight is 532 g/mol. The summed E-state index contributed by atoms with van der Waals surface area (Å²) in [6.45, 7) is 0.0686. The summed E-state index contributed by atoms with van der Waals surface area (Å²) in [4.78, 5) is 24.7. The van der Waals surface area contributed by atoms with Crippen LogP contribution in [0.1, 0.15) is 15.9 Å². The Labute approximate surface area is 210 Å². The average Bonchev–Trinajstić information content (AvgIpc) is 2.88. The zero-order chi connectivity index (χ0) is 24.6. The van der Waals surface area contributed by atoms with Crippen molar-refractivity contribution in [1.82, 2.24) is 5.43 Å². The SMILES string of the molecule is COc1cc(/C=N/NC(=O)CNc2cccc3ccccc23)ccc1OC(=O)c1cccc(Br)c1. The molecule has 7 nitrogen and oxygen atoms in total. The number of hydrogen-bond acceptors (Lipinski definition) is 6. The summed E-state index contributed by atoms with van der Waals surface area (Å²) in [7, 11) is 1.48. The minimum absolute atomic E-state index is 0.0686. The molecule has 0 aromatic heterocycles. The highest BCUT2D eigenvalue weighted by Crippen LogP contribution is 2.28. The van der Waals surface area contributed by atoms with Gasteiger partial charge in [-0.3, -0.25) is 4.79 Å². The first-order chi connectivity index (χ1) is 17.0. The van der Waals surface area contributed by atoms with Gasteiger partial charge < -0.3 is 14.8 Å². The van der Waals surface area contributed by atoms with Crippen LogP contribution in [-0.2, 0) is 4.79 Å². The van der Waals surface area contributed by atoms with Gasteiger partial charge in [-0.05, 0) is 53.4 Å². The molecule has 0 spiro atoms. The van der Waals surface area contributed by atoms with Crippen LogP contribution >= 0.6 is 15.9 Å². The zero-order valence-electron chi connectivity index (χ0n) is 18.8. The normalized spacial score (nSPS) is 10.8. The van der Waals surface area contributed by atoms with Crippen LogP contribution in [0.4, 0.5) is 5.69 Å². The van der Waals surface area contributed by atoms with E-state index in [0.717, 1.165) is 20.9 Å². The topological polar surface area (TPSA) is 89.0 Å². The van der Waals surface area contributed by atoms with Gasteiger partial charge in [0.2, 0.25) is 0 Å². The highest BCUT2D eigenvalue weighted by atomic mass is 79.9. The van der Waals surface area contributed by atoms with Crippen molar-refractivity contribution in [1.29, 1.82) is 0 Å². The Morgan fingerprint density at radius 1 is 0.943 bits per heavy atom. The van der Waals surface area contributed by atoms with E-state index in [1.165, 1.54) is 13.3 Å². The number of carbonyl (C=O) groups is 2. The van der Waals surface area contributed by atoms with Crippen molar-refractivity contribution in [3.8, 4) is 11.5 Å². The number of fused-ring (bicyclic) bond motifs is 1. The number of rotatable bonds is 8. The summed E-state index contributed by atoms with van der Waals surface area (Å²) in [5.74, 6) is -0.156. The van der Waals surface area contributed by atoms with Gasteiger partial charge in [-0.15, -0.1) is 0 Å². The molecule has 4 aromatic carbocycles. The summed E-state index contributed by atoms with van der Waals surface area (Å²) in [6.07, 6.45) is 1.48. The molecular weight excluding hydrogens is 510 g/mol. The Hall–Kier alpha value is -4.17. The van der Waals surface area contributed by atoms with Crippen molar-refractivity contribution < 1.29 is 19.1 Å². The van der Waals surface area contributed by atoms with Crippen LogP contribution in [-0.4, -0.2) is 31.7 Å². The Kier molecular flexibility index (Phi) is 7.74. The molecular formula is C27H22BrN3O4. The van der Waals surface area contributed by atoms with Crippen LogP contribution in [0.2, 0.25) is 0 Å². The molecule has 0 saturated heterocycles. The van der Waals surface area contributed by atoms with Gasteiger partial charge in [-0.1, -0.05) is 58.4 Å². The molecule has 2 N–H and O–H groups in total. The number of amides is 1. The molecule has 0 aliphatic carbocycles. The molecule has 0 radical (unpaired) electrons. The summed E-state index contributed by atoms with van der Waals surface area (Å²) in [5, 5.41) is 9.28. The lowest BCUT2D eigenvalue weighted by Gasteiger charge is -2.10. The number of hydrogen-bond donors (Lipinski definition) is 2. The third-order valence-electron chi connectivity index (χ3n) is 5.08. The summed E-state index contributed by atoms with van der Waals surface area (Å²) >= 11 is 3.34. The molecule has 0 fully saturated rings. The van der Waals surface area contributed by atoms with E-state index in [1.54, 1.807) is 36.4 Å². The predicted octanol–water partition coefficient (Wildman–Crippen LogP) is 5.39. The third kappa shape index (κ3) is 6.24. The highest BCUT2D eigenvalue weighted by Gasteiger charge is 2.13. The van der Waals surface area contributed by atoms with Gasteiger partial charge in [0.25, 0.3) is 5.91 Å². The molecule has 4 rings (SSSR count). The van der Waals surface area contributed by atoms with Gasteiger partial charge in [0, 0.05) is 15.5 Å². The number of anilines is 1. The first-order valence-corrected chi connectivity index (χ1v) is 11.5. The molecule has 1 amide bonds. The lowest BCUT2D eigenvalue weighted by molar-refractivity contribution is -0.119. The molecule has 35 heavy (non-hydrogen) atoms. The van der Waals surface area contributed by atoms with Crippen LogP contribution < -0.4 is 20.2 Å². The molecule has 0 unspecified atom stereocenters. The first-order valence-electron chi connectivity index (χ1n) is 10.7. The maximum absolute atomic E-state index is 12.4. The molecule has 8 heteroatoms. The number of esters is 1. The van der Waals surface area contributed by atoms with E-state index in [-0.39, 0.29) is 18.2 Å². The Morgan fingerprint density at radius 2 is 1.74 bits per heavy atom. The number of ether oxygens (including phenoxy) is 2. The Balaban J connectivity index is 1.34. The largest absolute Gasteiger partial charge is 0.493 e. The van der Waals surface area contributed by atoms with Crippen molar-refractivity contribution >= 4 is 50.5 Å². The second-order valence-corrected chi connectivity index (χ2v) is 8.40. The lowest BCUT2D eigenvalue weighted by atomic mass is 10.1. The van der Waals surface area contributed by atoms with Crippen LogP contribution in [0.3, 0.4) is 0 Å².